The smallest absolute Gasteiger partial charge is 0.379 e. The third-order valence-electron chi connectivity index (χ3n) is 5.37. The van der Waals surface area contributed by atoms with Gasteiger partial charge >= 0.3 is 6.18 Å². The molecule has 180 valence electrons. The van der Waals surface area contributed by atoms with Gasteiger partial charge in [-0.1, -0.05) is 13.0 Å². The van der Waals surface area contributed by atoms with Crippen LogP contribution in [0.15, 0.2) is 41.3 Å². The van der Waals surface area contributed by atoms with Gasteiger partial charge in [-0.25, -0.2) is 8.42 Å². The number of benzene rings is 2. The summed E-state index contributed by atoms with van der Waals surface area (Å²) in [5.41, 5.74) is -0.608. The maximum absolute atomic E-state index is 13.6. The molecule has 1 aliphatic heterocycles. The number of hydrogen-bond donors (Lipinski definition) is 1. The van der Waals surface area contributed by atoms with Crippen LogP contribution in [0.3, 0.4) is 0 Å². The Kier molecular flexibility index (Phi) is 7.35. The average Bonchev–Trinajstić information content (AvgIpc) is 2.78. The molecule has 2 aromatic rings. The first-order valence-electron chi connectivity index (χ1n) is 10.4. The molecule has 0 radical (unpaired) electrons. The van der Waals surface area contributed by atoms with Crippen LogP contribution in [0.1, 0.15) is 28.4 Å². The monoisotopic (exact) mass is 485 g/mol. The van der Waals surface area contributed by atoms with E-state index in [0.29, 0.717) is 17.7 Å². The molecular formula is C22H26F3N3O4S. The number of aryl methyl sites for hydroxylation is 1. The minimum absolute atomic E-state index is 0.0291. The molecule has 33 heavy (non-hydrogen) atoms. The second-order valence-electron chi connectivity index (χ2n) is 7.77. The number of alkyl halides is 3. The van der Waals surface area contributed by atoms with Crippen LogP contribution in [0.4, 0.5) is 24.5 Å². The van der Waals surface area contributed by atoms with E-state index in [4.69, 9.17) is 4.74 Å². The Morgan fingerprint density at radius 3 is 2.36 bits per heavy atom. The number of rotatable bonds is 6. The van der Waals surface area contributed by atoms with E-state index >= 15 is 0 Å². The summed E-state index contributed by atoms with van der Waals surface area (Å²) < 4.78 is 73.7. The summed E-state index contributed by atoms with van der Waals surface area (Å²) in [4.78, 5) is 14.3. The van der Waals surface area contributed by atoms with Gasteiger partial charge in [0.15, 0.2) is 0 Å². The van der Waals surface area contributed by atoms with E-state index in [1.807, 2.05) is 0 Å². The van der Waals surface area contributed by atoms with Gasteiger partial charge in [0.25, 0.3) is 5.91 Å². The van der Waals surface area contributed by atoms with Crippen molar-refractivity contribution in [2.45, 2.75) is 24.4 Å². The van der Waals surface area contributed by atoms with Gasteiger partial charge < -0.3 is 15.0 Å². The molecule has 1 fully saturated rings. The number of hydrogen-bond acceptors (Lipinski definition) is 5. The molecule has 2 aromatic carbocycles. The van der Waals surface area contributed by atoms with Gasteiger partial charge in [0.2, 0.25) is 10.0 Å². The zero-order valence-corrected chi connectivity index (χ0v) is 19.4. The number of anilines is 2. The lowest BCUT2D eigenvalue weighted by Gasteiger charge is -2.27. The first kappa shape index (κ1) is 25.0. The van der Waals surface area contributed by atoms with Gasteiger partial charge in [0.05, 0.1) is 29.4 Å². The van der Waals surface area contributed by atoms with Crippen LogP contribution in [-0.4, -0.2) is 59.0 Å². The molecule has 0 unspecified atom stereocenters. The molecule has 1 saturated heterocycles. The molecule has 11 heteroatoms. The molecule has 0 spiro atoms. The Morgan fingerprint density at radius 2 is 1.79 bits per heavy atom. The molecule has 1 amide bonds. The second-order valence-corrected chi connectivity index (χ2v) is 9.68. The highest BCUT2D eigenvalue weighted by atomic mass is 32.2. The van der Waals surface area contributed by atoms with Crippen molar-refractivity contribution in [3.63, 3.8) is 0 Å². The summed E-state index contributed by atoms with van der Waals surface area (Å²) in [5.74, 6) is -0.834. The molecule has 1 aliphatic rings. The highest BCUT2D eigenvalue weighted by Gasteiger charge is 2.35. The second kappa shape index (κ2) is 9.70. The van der Waals surface area contributed by atoms with Gasteiger partial charge in [0, 0.05) is 38.4 Å². The maximum Gasteiger partial charge on any atom is 0.418 e. The molecule has 0 atom stereocenters. The Labute approximate surface area is 191 Å². The predicted octanol–water partition coefficient (Wildman–Crippen LogP) is 3.61. The van der Waals surface area contributed by atoms with Crippen LogP contribution in [0.5, 0.6) is 0 Å². The minimum Gasteiger partial charge on any atom is -0.379 e. The van der Waals surface area contributed by atoms with Crippen molar-refractivity contribution in [1.82, 2.24) is 4.31 Å². The summed E-state index contributed by atoms with van der Waals surface area (Å²) in [6.07, 6.45) is -4.28. The number of amides is 1. The molecule has 0 bridgehead atoms. The van der Waals surface area contributed by atoms with Crippen LogP contribution < -0.4 is 10.2 Å². The van der Waals surface area contributed by atoms with Crippen molar-refractivity contribution < 1.29 is 31.1 Å². The van der Waals surface area contributed by atoms with E-state index in [0.717, 1.165) is 6.07 Å². The van der Waals surface area contributed by atoms with Crippen LogP contribution in [0.2, 0.25) is 0 Å². The summed E-state index contributed by atoms with van der Waals surface area (Å²) in [6.45, 7) is 2.70. The molecule has 3 rings (SSSR count). The minimum atomic E-state index is -4.69. The normalized spacial score (nSPS) is 15.3. The van der Waals surface area contributed by atoms with Crippen molar-refractivity contribution in [3.8, 4) is 0 Å². The van der Waals surface area contributed by atoms with Gasteiger partial charge in [-0.05, 0) is 42.3 Å². The van der Waals surface area contributed by atoms with Crippen LogP contribution in [0, 0.1) is 0 Å². The fourth-order valence-corrected chi connectivity index (χ4v) is 5.23. The Balaban J connectivity index is 1.97. The van der Waals surface area contributed by atoms with Crippen molar-refractivity contribution in [2.24, 2.45) is 0 Å². The molecule has 0 aromatic heterocycles. The third-order valence-corrected chi connectivity index (χ3v) is 7.35. The molecule has 7 nitrogen and oxygen atoms in total. The lowest BCUT2D eigenvalue weighted by Crippen LogP contribution is -2.41. The van der Waals surface area contributed by atoms with Crippen LogP contribution in [0.25, 0.3) is 0 Å². The highest BCUT2D eigenvalue weighted by Crippen LogP contribution is 2.37. The third kappa shape index (κ3) is 5.48. The van der Waals surface area contributed by atoms with Crippen molar-refractivity contribution in [2.75, 3.05) is 50.6 Å². The SMILES string of the molecule is CCc1ccc(C(=O)Nc2ccc(N(C)C)cc2C(F)(F)F)cc1S(=O)(=O)N1CCOCC1. The Hall–Kier alpha value is -2.63. The van der Waals surface area contributed by atoms with E-state index in [2.05, 4.69) is 5.32 Å². The number of carbonyl (C=O) groups excluding carboxylic acids is 1. The number of halogens is 3. The van der Waals surface area contributed by atoms with Crippen LogP contribution in [-0.2, 0) is 27.4 Å². The highest BCUT2D eigenvalue weighted by molar-refractivity contribution is 7.89. The molecule has 1 heterocycles. The van der Waals surface area contributed by atoms with Crippen molar-refractivity contribution in [3.05, 3.63) is 53.1 Å². The van der Waals surface area contributed by atoms with E-state index in [-0.39, 0.29) is 36.8 Å². The topological polar surface area (TPSA) is 79.0 Å². The van der Waals surface area contributed by atoms with E-state index in [1.165, 1.54) is 39.5 Å². The quantitative estimate of drug-likeness (QED) is 0.677. The van der Waals surface area contributed by atoms with E-state index < -0.39 is 33.4 Å². The number of nitrogens with one attached hydrogen (secondary N) is 1. The fourth-order valence-electron chi connectivity index (χ4n) is 3.50. The van der Waals surface area contributed by atoms with Gasteiger partial charge in [-0.2, -0.15) is 17.5 Å². The predicted molar refractivity (Wildman–Crippen MR) is 119 cm³/mol. The lowest BCUT2D eigenvalue weighted by atomic mass is 10.1. The Bertz CT molecular complexity index is 1130. The van der Waals surface area contributed by atoms with Crippen molar-refractivity contribution >= 4 is 27.3 Å². The van der Waals surface area contributed by atoms with E-state index in [1.54, 1.807) is 21.0 Å². The van der Waals surface area contributed by atoms with Crippen LogP contribution >= 0.6 is 0 Å². The standard InChI is InChI=1S/C22H26F3N3O4S/c1-4-15-5-6-16(13-20(15)33(30,31)28-9-11-32-12-10-28)21(29)26-19-8-7-17(27(2)3)14-18(19)22(23,24)25/h5-8,13-14H,4,9-12H2,1-3H3,(H,26,29). The zero-order valence-electron chi connectivity index (χ0n) is 18.6. The van der Waals surface area contributed by atoms with Crippen molar-refractivity contribution in [1.29, 1.82) is 0 Å². The molecular weight excluding hydrogens is 459 g/mol. The first-order chi connectivity index (χ1) is 15.4. The first-order valence-corrected chi connectivity index (χ1v) is 11.8. The summed E-state index contributed by atoms with van der Waals surface area (Å²) in [7, 11) is -0.671. The number of carbonyl (C=O) groups is 1. The average molecular weight is 486 g/mol. The van der Waals surface area contributed by atoms with Gasteiger partial charge in [-0.3, -0.25) is 4.79 Å². The number of ether oxygens (including phenoxy) is 1. The summed E-state index contributed by atoms with van der Waals surface area (Å²) in [5, 5.41) is 2.29. The summed E-state index contributed by atoms with van der Waals surface area (Å²) >= 11 is 0. The number of nitrogens with zero attached hydrogens (tertiary/aromatic N) is 2. The number of sulfonamides is 1. The fraction of sp³-hybridized carbons (Fsp3) is 0.409. The Morgan fingerprint density at radius 1 is 1.12 bits per heavy atom. The molecule has 0 aliphatic carbocycles. The largest absolute Gasteiger partial charge is 0.418 e. The summed E-state index contributed by atoms with van der Waals surface area (Å²) in [6, 6.07) is 7.74. The van der Waals surface area contributed by atoms with Gasteiger partial charge in [0.1, 0.15) is 0 Å². The van der Waals surface area contributed by atoms with Gasteiger partial charge in [-0.15, -0.1) is 0 Å². The molecule has 0 saturated carbocycles. The molecule has 1 N–H and O–H groups in total. The maximum atomic E-state index is 13.6. The number of morpholine rings is 1. The lowest BCUT2D eigenvalue weighted by molar-refractivity contribution is -0.136. The van der Waals surface area contributed by atoms with E-state index in [9.17, 15) is 26.4 Å². The zero-order chi connectivity index (χ0) is 24.4.